The molecule has 2 aliphatic rings. The van der Waals surface area contributed by atoms with E-state index in [0.717, 1.165) is 21.4 Å². The number of nitrogens with zero attached hydrogens (tertiary/aromatic N) is 3. The third-order valence-electron chi connectivity index (χ3n) is 4.80. The second-order valence-electron chi connectivity index (χ2n) is 5.79. The van der Waals surface area contributed by atoms with Crippen LogP contribution in [-0.4, -0.2) is 9.13 Å². The van der Waals surface area contributed by atoms with Crippen molar-refractivity contribution in [2.24, 2.45) is 14.1 Å². The Morgan fingerprint density at radius 3 is 2.68 bits per heavy atom. The summed E-state index contributed by atoms with van der Waals surface area (Å²) in [5.74, 6) is -0.0307. The van der Waals surface area contributed by atoms with Crippen molar-refractivity contribution in [1.82, 2.24) is 9.13 Å². The first-order chi connectivity index (χ1) is 10.6. The zero-order valence-corrected chi connectivity index (χ0v) is 12.2. The highest BCUT2D eigenvalue weighted by atomic mass is 16.2. The normalized spacial score (nSPS) is 20.4. The largest absolute Gasteiger partial charge is 0.330 e. The number of allylic oxidation sites excluding steroid dienone is 1. The molecule has 0 spiro atoms. The molecular formula is C17H13N3O2. The lowest BCUT2D eigenvalue weighted by molar-refractivity contribution is 0.501. The molecule has 4 rings (SSSR count). The van der Waals surface area contributed by atoms with Crippen LogP contribution in [0.15, 0.2) is 33.9 Å². The van der Waals surface area contributed by atoms with Crippen LogP contribution in [0, 0.1) is 11.3 Å². The van der Waals surface area contributed by atoms with Gasteiger partial charge in [-0.05, 0) is 17.2 Å². The lowest BCUT2D eigenvalue weighted by Crippen LogP contribution is -2.48. The molecule has 0 fully saturated rings. The van der Waals surface area contributed by atoms with E-state index in [0.29, 0.717) is 11.1 Å². The summed E-state index contributed by atoms with van der Waals surface area (Å²) in [6.07, 6.45) is 3.93. The van der Waals surface area contributed by atoms with Crippen molar-refractivity contribution >= 4 is 6.08 Å². The maximum Gasteiger partial charge on any atom is 0.330 e. The Morgan fingerprint density at radius 1 is 1.18 bits per heavy atom. The summed E-state index contributed by atoms with van der Waals surface area (Å²) in [4.78, 5) is 24.6. The minimum Gasteiger partial charge on any atom is -0.300 e. The molecule has 5 heteroatoms. The smallest absolute Gasteiger partial charge is 0.300 e. The van der Waals surface area contributed by atoms with Gasteiger partial charge in [0.2, 0.25) is 0 Å². The molecule has 2 aromatic rings. The maximum absolute atomic E-state index is 12.5. The highest BCUT2D eigenvalue weighted by Crippen LogP contribution is 2.52. The summed E-state index contributed by atoms with van der Waals surface area (Å²) in [5.41, 5.74) is 3.43. The zero-order chi connectivity index (χ0) is 15.6. The van der Waals surface area contributed by atoms with E-state index in [1.165, 1.54) is 7.05 Å². The van der Waals surface area contributed by atoms with Crippen molar-refractivity contribution in [1.29, 1.82) is 5.26 Å². The van der Waals surface area contributed by atoms with Gasteiger partial charge >= 0.3 is 5.69 Å². The van der Waals surface area contributed by atoms with E-state index < -0.39 is 0 Å². The van der Waals surface area contributed by atoms with Crippen molar-refractivity contribution < 1.29 is 0 Å². The van der Waals surface area contributed by atoms with E-state index in [1.54, 1.807) is 17.7 Å². The second-order valence-corrected chi connectivity index (χ2v) is 5.79. The van der Waals surface area contributed by atoms with Gasteiger partial charge < -0.3 is 0 Å². The number of nitriles is 1. The summed E-state index contributed by atoms with van der Waals surface area (Å²) in [7, 11) is 3.20. The van der Waals surface area contributed by atoms with Gasteiger partial charge in [0, 0.05) is 37.2 Å². The Hall–Kier alpha value is -2.87. The molecule has 0 radical (unpaired) electrons. The van der Waals surface area contributed by atoms with Crippen LogP contribution in [-0.2, 0) is 14.1 Å². The van der Waals surface area contributed by atoms with Crippen molar-refractivity contribution in [2.75, 3.05) is 0 Å². The molecule has 0 amide bonds. The number of benzene rings is 1. The van der Waals surface area contributed by atoms with Gasteiger partial charge in [0.1, 0.15) is 0 Å². The van der Waals surface area contributed by atoms with Gasteiger partial charge in [0.05, 0.1) is 11.6 Å². The average molecular weight is 291 g/mol. The summed E-state index contributed by atoms with van der Waals surface area (Å²) < 4.78 is 2.71. The molecule has 1 aromatic carbocycles. The molecule has 2 aliphatic carbocycles. The van der Waals surface area contributed by atoms with Gasteiger partial charge in [-0.15, -0.1) is 0 Å². The van der Waals surface area contributed by atoms with E-state index in [2.05, 4.69) is 6.07 Å². The van der Waals surface area contributed by atoms with Crippen LogP contribution in [0.25, 0.3) is 6.08 Å². The first-order valence-electron chi connectivity index (χ1n) is 7.07. The third kappa shape index (κ3) is 1.32. The van der Waals surface area contributed by atoms with Crippen LogP contribution >= 0.6 is 0 Å². The number of aromatic nitrogens is 2. The van der Waals surface area contributed by atoms with E-state index in [4.69, 9.17) is 0 Å². The van der Waals surface area contributed by atoms with E-state index in [1.807, 2.05) is 24.3 Å². The second kappa shape index (κ2) is 4.08. The van der Waals surface area contributed by atoms with Gasteiger partial charge in [0.25, 0.3) is 5.56 Å². The molecule has 108 valence electrons. The van der Waals surface area contributed by atoms with Crippen LogP contribution in [0.4, 0.5) is 0 Å². The molecule has 2 unspecified atom stereocenters. The summed E-state index contributed by atoms with van der Waals surface area (Å²) in [6.45, 7) is 0. The van der Waals surface area contributed by atoms with Gasteiger partial charge in [-0.3, -0.25) is 13.9 Å². The van der Waals surface area contributed by atoms with E-state index in [-0.39, 0.29) is 23.1 Å². The van der Waals surface area contributed by atoms with Gasteiger partial charge in [-0.25, -0.2) is 4.79 Å². The molecular weight excluding hydrogens is 278 g/mol. The molecule has 22 heavy (non-hydrogen) atoms. The lowest BCUT2D eigenvalue weighted by atomic mass is 9.64. The summed E-state index contributed by atoms with van der Waals surface area (Å²) >= 11 is 0. The van der Waals surface area contributed by atoms with Crippen LogP contribution in [0.3, 0.4) is 0 Å². The van der Waals surface area contributed by atoms with Crippen molar-refractivity contribution in [3.05, 3.63) is 73.1 Å². The maximum atomic E-state index is 12.5. The minimum absolute atomic E-state index is 0.0306. The predicted molar refractivity (Wildman–Crippen MR) is 81.7 cm³/mol. The zero-order valence-electron chi connectivity index (χ0n) is 12.2. The minimum atomic E-state index is -0.299. The monoisotopic (exact) mass is 291 g/mol. The number of hydrogen-bond donors (Lipinski definition) is 0. The molecule has 1 heterocycles. The molecule has 0 bridgehead atoms. The highest BCUT2D eigenvalue weighted by Gasteiger charge is 2.45. The van der Waals surface area contributed by atoms with Crippen LogP contribution in [0.5, 0.6) is 0 Å². The fourth-order valence-corrected chi connectivity index (χ4v) is 3.71. The van der Waals surface area contributed by atoms with Gasteiger partial charge in [-0.2, -0.15) is 5.26 Å². The van der Waals surface area contributed by atoms with Crippen molar-refractivity contribution in [3.63, 3.8) is 0 Å². The molecule has 0 N–H and O–H groups in total. The Labute approximate surface area is 126 Å². The number of hydrogen-bond acceptors (Lipinski definition) is 3. The SMILES string of the molecule is Cn1c2c(c(=O)n(C)c1=O)C1c3cccc(C#N)c3C=CC21. The molecule has 1 aromatic heterocycles. The number of rotatable bonds is 0. The topological polar surface area (TPSA) is 67.8 Å². The third-order valence-corrected chi connectivity index (χ3v) is 4.80. The molecule has 0 aliphatic heterocycles. The molecule has 0 saturated carbocycles. The van der Waals surface area contributed by atoms with E-state index >= 15 is 0 Å². The Morgan fingerprint density at radius 2 is 1.95 bits per heavy atom. The van der Waals surface area contributed by atoms with Crippen LogP contribution in [0.1, 0.15) is 39.8 Å². The summed E-state index contributed by atoms with van der Waals surface area (Å²) in [5, 5.41) is 9.24. The van der Waals surface area contributed by atoms with Crippen LogP contribution < -0.4 is 11.2 Å². The average Bonchev–Trinajstić information content (AvgIpc) is 2.51. The van der Waals surface area contributed by atoms with Crippen molar-refractivity contribution in [2.45, 2.75) is 11.8 Å². The van der Waals surface area contributed by atoms with Gasteiger partial charge in [0.15, 0.2) is 0 Å². The van der Waals surface area contributed by atoms with Crippen LogP contribution in [0.2, 0.25) is 0 Å². The molecule has 0 saturated heterocycles. The Bertz CT molecular complexity index is 1020. The van der Waals surface area contributed by atoms with E-state index in [9.17, 15) is 14.9 Å². The van der Waals surface area contributed by atoms with Crippen molar-refractivity contribution in [3.8, 4) is 6.07 Å². The molecule has 5 nitrogen and oxygen atoms in total. The summed E-state index contributed by atoms with van der Waals surface area (Å²) in [6, 6.07) is 7.78. The van der Waals surface area contributed by atoms with Gasteiger partial charge in [-0.1, -0.05) is 24.3 Å². The first-order valence-corrected chi connectivity index (χ1v) is 7.07. The Balaban J connectivity index is 2.05. The quantitative estimate of drug-likeness (QED) is 0.732. The Kier molecular flexibility index (Phi) is 2.38. The lowest BCUT2D eigenvalue weighted by Gasteiger charge is -2.41. The highest BCUT2D eigenvalue weighted by molar-refractivity contribution is 5.71. The number of fused-ring (bicyclic) bond motifs is 6. The first kappa shape index (κ1) is 12.8. The fraction of sp³-hybridized carbons (Fsp3) is 0.235. The predicted octanol–water partition coefficient (Wildman–Crippen LogP) is 1.21. The molecule has 2 atom stereocenters. The standard InChI is InChI=1S/C17H13N3O2/c1-19-15-12-7-6-10-9(8-18)4-3-5-11(10)13(12)14(15)16(21)20(2)17(19)22/h3-7,12-13H,1-2H3. The fourth-order valence-electron chi connectivity index (χ4n) is 3.71.